The standard InChI is InChI=1S/C19H19F2N3OS/c1-12-6-4-5-7-17(12)24-14(3)22-23-19(24)26-13(2)15-8-10-16(11-9-15)25-18(20)21/h4-11,13,18H,1-3H3. The first kappa shape index (κ1) is 18.4. The van der Waals surface area contributed by atoms with E-state index >= 15 is 0 Å². The summed E-state index contributed by atoms with van der Waals surface area (Å²) in [7, 11) is 0. The van der Waals surface area contributed by atoms with Crippen LogP contribution in [0.5, 0.6) is 5.75 Å². The molecule has 0 bridgehead atoms. The first-order valence-electron chi connectivity index (χ1n) is 8.15. The highest BCUT2D eigenvalue weighted by Gasteiger charge is 2.17. The summed E-state index contributed by atoms with van der Waals surface area (Å²) in [4.78, 5) is 0. The van der Waals surface area contributed by atoms with Crippen LogP contribution in [0.25, 0.3) is 5.69 Å². The van der Waals surface area contributed by atoms with E-state index in [1.54, 1.807) is 36.0 Å². The van der Waals surface area contributed by atoms with Crippen molar-refractivity contribution in [1.29, 1.82) is 0 Å². The molecule has 7 heteroatoms. The normalized spacial score (nSPS) is 12.4. The van der Waals surface area contributed by atoms with Gasteiger partial charge < -0.3 is 4.74 Å². The Balaban J connectivity index is 1.82. The van der Waals surface area contributed by atoms with E-state index in [1.807, 2.05) is 49.6 Å². The van der Waals surface area contributed by atoms with E-state index in [-0.39, 0.29) is 11.0 Å². The van der Waals surface area contributed by atoms with Crippen LogP contribution in [0.1, 0.15) is 29.1 Å². The second kappa shape index (κ2) is 7.86. The zero-order valence-corrected chi connectivity index (χ0v) is 15.5. The maximum atomic E-state index is 12.3. The average molecular weight is 375 g/mol. The number of ether oxygens (including phenoxy) is 1. The summed E-state index contributed by atoms with van der Waals surface area (Å²) in [5, 5.41) is 9.38. The summed E-state index contributed by atoms with van der Waals surface area (Å²) < 4.78 is 31.0. The van der Waals surface area contributed by atoms with E-state index in [0.29, 0.717) is 0 Å². The molecular weight excluding hydrogens is 356 g/mol. The van der Waals surface area contributed by atoms with Crippen molar-refractivity contribution in [3.8, 4) is 11.4 Å². The smallest absolute Gasteiger partial charge is 0.387 e. The van der Waals surface area contributed by atoms with E-state index in [2.05, 4.69) is 14.9 Å². The van der Waals surface area contributed by atoms with Gasteiger partial charge in [0.05, 0.1) is 5.69 Å². The molecule has 2 aromatic carbocycles. The van der Waals surface area contributed by atoms with Gasteiger partial charge in [0, 0.05) is 5.25 Å². The Bertz CT molecular complexity index is 881. The molecule has 3 aromatic rings. The minimum absolute atomic E-state index is 0.0713. The second-order valence-corrected chi connectivity index (χ2v) is 7.17. The van der Waals surface area contributed by atoms with Gasteiger partial charge >= 0.3 is 6.61 Å². The molecule has 0 saturated carbocycles. The van der Waals surface area contributed by atoms with E-state index < -0.39 is 6.61 Å². The number of alkyl halides is 2. The first-order valence-corrected chi connectivity index (χ1v) is 9.03. The number of benzene rings is 2. The van der Waals surface area contributed by atoms with Crippen LogP contribution in [0.15, 0.2) is 53.7 Å². The molecular formula is C19H19F2N3OS. The fraction of sp³-hybridized carbons (Fsp3) is 0.263. The number of rotatable bonds is 6. The van der Waals surface area contributed by atoms with Crippen LogP contribution >= 0.6 is 11.8 Å². The topological polar surface area (TPSA) is 39.9 Å². The summed E-state index contributed by atoms with van der Waals surface area (Å²) in [6, 6.07) is 14.8. The summed E-state index contributed by atoms with van der Waals surface area (Å²) >= 11 is 1.57. The molecule has 0 radical (unpaired) electrons. The van der Waals surface area contributed by atoms with Gasteiger partial charge in [0.2, 0.25) is 0 Å². The summed E-state index contributed by atoms with van der Waals surface area (Å²) in [6.45, 7) is 3.20. The Morgan fingerprint density at radius 3 is 2.35 bits per heavy atom. The predicted molar refractivity (Wildman–Crippen MR) is 98.2 cm³/mol. The Morgan fingerprint density at radius 1 is 1.00 bits per heavy atom. The van der Waals surface area contributed by atoms with E-state index in [4.69, 9.17) is 0 Å². The maximum Gasteiger partial charge on any atom is 0.387 e. The number of para-hydroxylation sites is 1. The molecule has 1 heterocycles. The van der Waals surface area contributed by atoms with E-state index in [0.717, 1.165) is 27.8 Å². The van der Waals surface area contributed by atoms with E-state index in [9.17, 15) is 8.78 Å². The molecule has 0 amide bonds. The second-order valence-electron chi connectivity index (χ2n) is 5.86. The fourth-order valence-electron chi connectivity index (χ4n) is 2.66. The van der Waals surface area contributed by atoms with Gasteiger partial charge in [-0.15, -0.1) is 10.2 Å². The van der Waals surface area contributed by atoms with Crippen LogP contribution in [-0.2, 0) is 0 Å². The first-order chi connectivity index (χ1) is 12.5. The molecule has 136 valence electrons. The number of nitrogens with zero attached hydrogens (tertiary/aromatic N) is 3. The highest BCUT2D eigenvalue weighted by molar-refractivity contribution is 7.99. The Kier molecular flexibility index (Phi) is 5.56. The number of aryl methyl sites for hydroxylation is 2. The lowest BCUT2D eigenvalue weighted by Gasteiger charge is -2.15. The van der Waals surface area contributed by atoms with E-state index in [1.165, 1.54) is 0 Å². The van der Waals surface area contributed by atoms with Crippen LogP contribution in [0, 0.1) is 13.8 Å². The summed E-state index contributed by atoms with van der Waals surface area (Å²) in [5.41, 5.74) is 3.18. The van der Waals surface area contributed by atoms with Crippen molar-refractivity contribution in [2.75, 3.05) is 0 Å². The molecule has 0 N–H and O–H groups in total. The largest absolute Gasteiger partial charge is 0.435 e. The quantitative estimate of drug-likeness (QED) is 0.545. The molecule has 0 aliphatic rings. The number of hydrogen-bond acceptors (Lipinski definition) is 4. The molecule has 26 heavy (non-hydrogen) atoms. The van der Waals surface area contributed by atoms with Gasteiger partial charge in [0.1, 0.15) is 11.6 Å². The number of aromatic nitrogens is 3. The molecule has 1 atom stereocenters. The predicted octanol–water partition coefficient (Wildman–Crippen LogP) is 5.34. The lowest BCUT2D eigenvalue weighted by molar-refractivity contribution is -0.0498. The van der Waals surface area contributed by atoms with Crippen molar-refractivity contribution in [3.05, 3.63) is 65.5 Å². The molecule has 4 nitrogen and oxygen atoms in total. The SMILES string of the molecule is Cc1ccccc1-n1c(C)nnc1SC(C)c1ccc(OC(F)F)cc1. The van der Waals surface area contributed by atoms with Crippen molar-refractivity contribution in [2.24, 2.45) is 0 Å². The average Bonchev–Trinajstić information content (AvgIpc) is 2.96. The fourth-order valence-corrected chi connectivity index (χ4v) is 3.69. The lowest BCUT2D eigenvalue weighted by Crippen LogP contribution is -2.03. The number of halogens is 2. The Labute approximate surface area is 155 Å². The van der Waals surface area contributed by atoms with Crippen LogP contribution in [0.2, 0.25) is 0 Å². The van der Waals surface area contributed by atoms with Gasteiger partial charge in [-0.3, -0.25) is 4.57 Å². The van der Waals surface area contributed by atoms with Gasteiger partial charge in [-0.05, 0) is 50.1 Å². The molecule has 0 aliphatic carbocycles. The number of thioether (sulfide) groups is 1. The van der Waals surface area contributed by atoms with Crippen LogP contribution in [-0.4, -0.2) is 21.4 Å². The zero-order chi connectivity index (χ0) is 18.7. The third-order valence-electron chi connectivity index (χ3n) is 4.01. The molecule has 0 spiro atoms. The summed E-state index contributed by atoms with van der Waals surface area (Å²) in [6.07, 6.45) is 0. The van der Waals surface area contributed by atoms with Gasteiger partial charge in [-0.1, -0.05) is 42.1 Å². The molecule has 1 unspecified atom stereocenters. The van der Waals surface area contributed by atoms with Crippen molar-refractivity contribution in [2.45, 2.75) is 37.8 Å². The molecule has 1 aromatic heterocycles. The molecule has 0 saturated heterocycles. The van der Waals surface area contributed by atoms with Crippen molar-refractivity contribution in [3.63, 3.8) is 0 Å². The zero-order valence-electron chi connectivity index (χ0n) is 14.7. The highest BCUT2D eigenvalue weighted by atomic mass is 32.2. The summed E-state index contributed by atoms with van der Waals surface area (Å²) in [5.74, 6) is 0.967. The monoisotopic (exact) mass is 375 g/mol. The van der Waals surface area contributed by atoms with Crippen LogP contribution in [0.4, 0.5) is 8.78 Å². The minimum atomic E-state index is -2.82. The van der Waals surface area contributed by atoms with Crippen molar-refractivity contribution < 1.29 is 13.5 Å². The van der Waals surface area contributed by atoms with Crippen LogP contribution < -0.4 is 4.74 Å². The maximum absolute atomic E-state index is 12.3. The Morgan fingerprint density at radius 2 is 1.69 bits per heavy atom. The van der Waals surface area contributed by atoms with Crippen molar-refractivity contribution in [1.82, 2.24) is 14.8 Å². The molecule has 0 aliphatic heterocycles. The highest BCUT2D eigenvalue weighted by Crippen LogP contribution is 2.36. The third-order valence-corrected chi connectivity index (χ3v) is 5.11. The van der Waals surface area contributed by atoms with Gasteiger partial charge in [0.15, 0.2) is 5.16 Å². The third kappa shape index (κ3) is 4.04. The van der Waals surface area contributed by atoms with Gasteiger partial charge in [0.25, 0.3) is 0 Å². The lowest BCUT2D eigenvalue weighted by atomic mass is 10.2. The molecule has 0 fully saturated rings. The minimum Gasteiger partial charge on any atom is -0.435 e. The van der Waals surface area contributed by atoms with Crippen LogP contribution in [0.3, 0.4) is 0 Å². The van der Waals surface area contributed by atoms with Gasteiger partial charge in [-0.2, -0.15) is 8.78 Å². The number of hydrogen-bond donors (Lipinski definition) is 0. The Hall–Kier alpha value is -2.41. The van der Waals surface area contributed by atoms with Crippen molar-refractivity contribution >= 4 is 11.8 Å². The van der Waals surface area contributed by atoms with Gasteiger partial charge in [-0.25, -0.2) is 0 Å². The molecule has 3 rings (SSSR count).